The summed E-state index contributed by atoms with van der Waals surface area (Å²) in [7, 11) is 0. The van der Waals surface area contributed by atoms with Crippen molar-refractivity contribution in [1.29, 1.82) is 0 Å². The minimum absolute atomic E-state index is 0.294. The van der Waals surface area contributed by atoms with Gasteiger partial charge in [-0.1, -0.05) is 98.8 Å². The third-order valence-corrected chi connectivity index (χ3v) is 7.95. The molecule has 3 aromatic heterocycles. The van der Waals surface area contributed by atoms with Gasteiger partial charge in [-0.3, -0.25) is 4.98 Å². The van der Waals surface area contributed by atoms with Crippen LogP contribution in [0, 0.1) is 0 Å². The van der Waals surface area contributed by atoms with E-state index in [1.54, 1.807) is 0 Å². The summed E-state index contributed by atoms with van der Waals surface area (Å²) in [4.78, 5) is 19.9. The van der Waals surface area contributed by atoms with Gasteiger partial charge in [0.15, 0.2) is 17.5 Å². The van der Waals surface area contributed by atoms with Gasteiger partial charge in [-0.2, -0.15) is 0 Å². The number of benzene rings is 4. The van der Waals surface area contributed by atoms with Crippen LogP contribution < -0.4 is 0 Å². The molecule has 0 amide bonds. The zero-order chi connectivity index (χ0) is 26.8. The van der Waals surface area contributed by atoms with Gasteiger partial charge in [0.25, 0.3) is 0 Å². The van der Waals surface area contributed by atoms with Crippen LogP contribution in [0.5, 0.6) is 0 Å². The van der Waals surface area contributed by atoms with Gasteiger partial charge in [0.05, 0.1) is 5.69 Å². The van der Waals surface area contributed by atoms with E-state index >= 15 is 0 Å². The molecule has 5 heteroatoms. The molecule has 4 aromatic carbocycles. The summed E-state index contributed by atoms with van der Waals surface area (Å²) < 4.78 is 6.47. The molecule has 0 bridgehead atoms. The van der Waals surface area contributed by atoms with Gasteiger partial charge in [-0.05, 0) is 29.3 Å². The van der Waals surface area contributed by atoms with Gasteiger partial charge in [0.2, 0.25) is 0 Å². The molecule has 1 aliphatic carbocycles. The van der Waals surface area contributed by atoms with Crippen LogP contribution in [0.25, 0.3) is 67.4 Å². The number of furan rings is 1. The van der Waals surface area contributed by atoms with E-state index in [0.717, 1.165) is 49.9 Å². The lowest BCUT2D eigenvalue weighted by molar-refractivity contribution is 0.656. The Balaban J connectivity index is 1.51. The predicted octanol–water partition coefficient (Wildman–Crippen LogP) is 8.47. The molecule has 3 heterocycles. The highest BCUT2D eigenvalue weighted by molar-refractivity contribution is 6.13. The second-order valence-electron chi connectivity index (χ2n) is 10.7. The van der Waals surface area contributed by atoms with Crippen molar-refractivity contribution in [2.75, 3.05) is 0 Å². The second kappa shape index (κ2) is 8.42. The van der Waals surface area contributed by atoms with E-state index in [9.17, 15) is 0 Å². The predicted molar refractivity (Wildman–Crippen MR) is 159 cm³/mol. The Bertz CT molecular complexity index is 2020. The molecule has 0 N–H and O–H groups in total. The lowest BCUT2D eigenvalue weighted by atomic mass is 9.80. The normalized spacial score (nSPS) is 13.4. The van der Waals surface area contributed by atoms with Crippen molar-refractivity contribution in [3.05, 3.63) is 120 Å². The Hall–Kier alpha value is -5.16. The first-order valence-electron chi connectivity index (χ1n) is 13.4. The molecule has 0 radical (unpaired) electrons. The van der Waals surface area contributed by atoms with Crippen LogP contribution in [0.3, 0.4) is 0 Å². The van der Waals surface area contributed by atoms with E-state index in [2.05, 4.69) is 38.1 Å². The Kier molecular flexibility index (Phi) is 4.80. The maximum absolute atomic E-state index is 6.47. The molecular weight excluding hydrogens is 492 g/mol. The van der Waals surface area contributed by atoms with Gasteiger partial charge in [0, 0.05) is 44.6 Å². The largest absolute Gasteiger partial charge is 0.456 e. The van der Waals surface area contributed by atoms with Crippen LogP contribution >= 0.6 is 0 Å². The topological polar surface area (TPSA) is 64.7 Å². The molecule has 1 aliphatic rings. The fourth-order valence-electron chi connectivity index (χ4n) is 6.11. The minimum atomic E-state index is -0.294. The van der Waals surface area contributed by atoms with Gasteiger partial charge in [-0.15, -0.1) is 0 Å². The molecule has 5 nitrogen and oxygen atoms in total. The highest BCUT2D eigenvalue weighted by Crippen LogP contribution is 2.55. The molecule has 190 valence electrons. The minimum Gasteiger partial charge on any atom is -0.456 e. The number of hydrogen-bond donors (Lipinski definition) is 0. The molecule has 0 spiro atoms. The van der Waals surface area contributed by atoms with Gasteiger partial charge >= 0.3 is 0 Å². The highest BCUT2D eigenvalue weighted by Gasteiger charge is 2.41. The van der Waals surface area contributed by atoms with Crippen LogP contribution in [0.4, 0.5) is 0 Å². The number of aromatic nitrogens is 4. The number of rotatable bonds is 3. The summed E-state index contributed by atoms with van der Waals surface area (Å²) in [5, 5.41) is 2.23. The van der Waals surface area contributed by atoms with Crippen LogP contribution in [0.15, 0.2) is 114 Å². The SMILES string of the molecule is CC1(C)c2cccnc2-c2c(-c3nc(-c4ccccc4)nc(-c4ccccc4)n3)cc3oc4ccccc4c3c21. The molecular formula is C35H24N4O. The Morgan fingerprint density at radius 2 is 1.25 bits per heavy atom. The highest BCUT2D eigenvalue weighted by atomic mass is 16.3. The average molecular weight is 517 g/mol. The molecule has 0 saturated carbocycles. The van der Waals surface area contributed by atoms with Crippen molar-refractivity contribution in [2.45, 2.75) is 19.3 Å². The third-order valence-electron chi connectivity index (χ3n) is 7.95. The van der Waals surface area contributed by atoms with Crippen molar-refractivity contribution in [3.8, 4) is 45.4 Å². The van der Waals surface area contributed by atoms with E-state index in [1.165, 1.54) is 11.1 Å². The zero-order valence-corrected chi connectivity index (χ0v) is 22.1. The van der Waals surface area contributed by atoms with Crippen molar-refractivity contribution in [1.82, 2.24) is 19.9 Å². The fraction of sp³-hybridized carbons (Fsp3) is 0.0857. The molecule has 0 fully saturated rings. The molecule has 0 aliphatic heterocycles. The lowest BCUT2D eigenvalue weighted by Crippen LogP contribution is -2.15. The van der Waals surface area contributed by atoms with E-state index in [0.29, 0.717) is 17.5 Å². The number of nitrogens with zero attached hydrogens (tertiary/aromatic N) is 4. The van der Waals surface area contributed by atoms with E-state index in [1.807, 2.05) is 85.1 Å². The van der Waals surface area contributed by atoms with E-state index < -0.39 is 0 Å². The Labute approximate surface area is 231 Å². The molecule has 0 saturated heterocycles. The summed E-state index contributed by atoms with van der Waals surface area (Å²) in [5.74, 6) is 1.85. The zero-order valence-electron chi connectivity index (χ0n) is 22.1. The standard InChI is InChI=1S/C35H24N4O/c1-35(2)25-17-11-19-36-31(25)29-24(20-27-28(30(29)35)23-16-9-10-18-26(23)40-27)34-38-32(21-12-5-3-6-13-21)37-33(39-34)22-14-7-4-8-15-22/h3-20H,1-2H3. The van der Waals surface area contributed by atoms with E-state index in [4.69, 9.17) is 24.4 Å². The van der Waals surface area contributed by atoms with Gasteiger partial charge in [-0.25, -0.2) is 15.0 Å². The number of para-hydroxylation sites is 1. The van der Waals surface area contributed by atoms with Gasteiger partial charge in [0.1, 0.15) is 11.2 Å². The summed E-state index contributed by atoms with van der Waals surface area (Å²) in [6, 6.07) is 34.6. The van der Waals surface area contributed by atoms with Crippen molar-refractivity contribution >= 4 is 21.9 Å². The molecule has 7 aromatic rings. The average Bonchev–Trinajstić information content (AvgIpc) is 3.49. The molecule has 0 unspecified atom stereocenters. The van der Waals surface area contributed by atoms with Crippen molar-refractivity contribution in [2.24, 2.45) is 0 Å². The number of hydrogen-bond acceptors (Lipinski definition) is 5. The van der Waals surface area contributed by atoms with E-state index in [-0.39, 0.29) is 5.41 Å². The Morgan fingerprint density at radius 3 is 1.95 bits per heavy atom. The summed E-state index contributed by atoms with van der Waals surface area (Å²) in [5.41, 5.74) is 8.55. The third kappa shape index (κ3) is 3.27. The molecule has 0 atom stereocenters. The van der Waals surface area contributed by atoms with Crippen molar-refractivity contribution in [3.63, 3.8) is 0 Å². The van der Waals surface area contributed by atoms with Crippen LogP contribution in [0.2, 0.25) is 0 Å². The molecule has 40 heavy (non-hydrogen) atoms. The van der Waals surface area contributed by atoms with Crippen LogP contribution in [-0.4, -0.2) is 19.9 Å². The lowest BCUT2D eigenvalue weighted by Gasteiger charge is -2.22. The van der Waals surface area contributed by atoms with Gasteiger partial charge < -0.3 is 4.42 Å². The second-order valence-corrected chi connectivity index (χ2v) is 10.7. The first-order chi connectivity index (χ1) is 19.6. The maximum Gasteiger partial charge on any atom is 0.164 e. The van der Waals surface area contributed by atoms with Crippen LogP contribution in [-0.2, 0) is 5.41 Å². The summed E-state index contributed by atoms with van der Waals surface area (Å²) >= 11 is 0. The smallest absolute Gasteiger partial charge is 0.164 e. The number of pyridine rings is 1. The van der Waals surface area contributed by atoms with Crippen molar-refractivity contribution < 1.29 is 4.42 Å². The van der Waals surface area contributed by atoms with Crippen LogP contribution in [0.1, 0.15) is 25.0 Å². The Morgan fingerprint density at radius 1 is 0.625 bits per heavy atom. The number of fused-ring (bicyclic) bond motifs is 7. The maximum atomic E-state index is 6.47. The monoisotopic (exact) mass is 516 g/mol. The summed E-state index contributed by atoms with van der Waals surface area (Å²) in [6.45, 7) is 4.53. The first kappa shape index (κ1) is 22.8. The first-order valence-corrected chi connectivity index (χ1v) is 13.4. The fourth-order valence-corrected chi connectivity index (χ4v) is 6.11. The quantitative estimate of drug-likeness (QED) is 0.236. The summed E-state index contributed by atoms with van der Waals surface area (Å²) in [6.07, 6.45) is 1.86. The molecule has 8 rings (SSSR count).